The molecule has 0 saturated carbocycles. The lowest BCUT2D eigenvalue weighted by Gasteiger charge is -2.36. The molecule has 1 saturated heterocycles. The van der Waals surface area contributed by atoms with Crippen LogP contribution >= 0.6 is 0 Å². The maximum Gasteiger partial charge on any atom is 0.269 e. The molecule has 3 heterocycles. The van der Waals surface area contributed by atoms with Crippen LogP contribution in [0.25, 0.3) is 11.0 Å². The second kappa shape index (κ2) is 8.96. The van der Waals surface area contributed by atoms with Crippen molar-refractivity contribution in [1.82, 2.24) is 25.2 Å². The van der Waals surface area contributed by atoms with Crippen LogP contribution in [0.4, 0.5) is 5.69 Å². The normalized spacial score (nSPS) is 14.6. The number of rotatable bonds is 5. The van der Waals surface area contributed by atoms with Gasteiger partial charge in [-0.3, -0.25) is 14.5 Å². The van der Waals surface area contributed by atoms with Gasteiger partial charge >= 0.3 is 0 Å². The van der Waals surface area contributed by atoms with E-state index in [-0.39, 0.29) is 11.5 Å². The number of methoxy groups -OCH3 is 1. The van der Waals surface area contributed by atoms with Gasteiger partial charge in [-0.1, -0.05) is 0 Å². The maximum absolute atomic E-state index is 12.0. The molecule has 0 atom stereocenters. The van der Waals surface area contributed by atoms with Crippen LogP contribution in [0.15, 0.2) is 29.1 Å². The van der Waals surface area contributed by atoms with Crippen molar-refractivity contribution in [3.63, 3.8) is 0 Å². The summed E-state index contributed by atoms with van der Waals surface area (Å²) in [4.78, 5) is 40.2. The lowest BCUT2D eigenvalue weighted by molar-refractivity contribution is 0.0958. The van der Waals surface area contributed by atoms with Crippen molar-refractivity contribution < 1.29 is 9.53 Å². The zero-order valence-electron chi connectivity index (χ0n) is 18.9. The zero-order valence-corrected chi connectivity index (χ0v) is 18.9. The van der Waals surface area contributed by atoms with Crippen molar-refractivity contribution in [2.24, 2.45) is 0 Å². The molecule has 32 heavy (non-hydrogen) atoms. The number of aromatic nitrogens is 3. The van der Waals surface area contributed by atoms with E-state index in [1.165, 1.54) is 0 Å². The molecule has 0 aliphatic carbocycles. The highest BCUT2D eigenvalue weighted by molar-refractivity contribution is 5.92. The summed E-state index contributed by atoms with van der Waals surface area (Å²) in [5, 5.41) is 2.61. The minimum Gasteiger partial charge on any atom is -0.496 e. The molecule has 1 aliphatic heterocycles. The Balaban J connectivity index is 1.47. The van der Waals surface area contributed by atoms with E-state index < -0.39 is 0 Å². The van der Waals surface area contributed by atoms with E-state index in [4.69, 9.17) is 4.74 Å². The number of fused-ring (bicyclic) bond motifs is 1. The van der Waals surface area contributed by atoms with E-state index in [0.29, 0.717) is 16.9 Å². The summed E-state index contributed by atoms with van der Waals surface area (Å²) in [6.45, 7) is 7.81. The molecular weight excluding hydrogens is 408 g/mol. The molecule has 1 aromatic carbocycles. The Morgan fingerprint density at radius 3 is 2.53 bits per heavy atom. The highest BCUT2D eigenvalue weighted by Crippen LogP contribution is 2.26. The van der Waals surface area contributed by atoms with Crippen LogP contribution in [0.5, 0.6) is 5.75 Å². The first-order valence-electron chi connectivity index (χ1n) is 10.6. The van der Waals surface area contributed by atoms with E-state index in [2.05, 4.69) is 30.1 Å². The van der Waals surface area contributed by atoms with E-state index in [9.17, 15) is 9.59 Å². The average molecular weight is 437 g/mol. The number of H-pyrrole nitrogens is 1. The van der Waals surface area contributed by atoms with Gasteiger partial charge in [-0.25, -0.2) is 9.97 Å². The molecule has 4 rings (SSSR count). The van der Waals surface area contributed by atoms with E-state index in [1.54, 1.807) is 27.1 Å². The van der Waals surface area contributed by atoms with Crippen LogP contribution in [-0.4, -0.2) is 66.1 Å². The van der Waals surface area contributed by atoms with Crippen LogP contribution in [0.1, 0.15) is 27.4 Å². The summed E-state index contributed by atoms with van der Waals surface area (Å²) in [5.41, 5.74) is 5.05. The van der Waals surface area contributed by atoms with Gasteiger partial charge in [0.15, 0.2) is 0 Å². The topological polar surface area (TPSA) is 103 Å². The van der Waals surface area contributed by atoms with Crippen molar-refractivity contribution in [3.8, 4) is 5.75 Å². The first kappa shape index (κ1) is 21.8. The first-order chi connectivity index (χ1) is 15.4. The third-order valence-electron chi connectivity index (χ3n) is 5.89. The monoisotopic (exact) mass is 436 g/mol. The van der Waals surface area contributed by atoms with Gasteiger partial charge in [-0.2, -0.15) is 0 Å². The van der Waals surface area contributed by atoms with Crippen LogP contribution in [0.2, 0.25) is 0 Å². The number of anilines is 1. The molecule has 168 valence electrons. The summed E-state index contributed by atoms with van der Waals surface area (Å²) < 4.78 is 5.60. The van der Waals surface area contributed by atoms with Gasteiger partial charge in [-0.05, 0) is 32.0 Å². The number of carbonyl (C=O) groups excluding carboxylic acids is 1. The molecule has 2 aromatic heterocycles. The number of pyridine rings is 1. The van der Waals surface area contributed by atoms with Gasteiger partial charge in [0.2, 0.25) is 0 Å². The number of hydrogen-bond donors (Lipinski definition) is 2. The molecule has 1 fully saturated rings. The van der Waals surface area contributed by atoms with Crippen molar-refractivity contribution in [3.05, 3.63) is 57.3 Å². The molecule has 0 radical (unpaired) electrons. The predicted molar refractivity (Wildman–Crippen MR) is 124 cm³/mol. The molecule has 1 aliphatic rings. The molecule has 0 spiro atoms. The summed E-state index contributed by atoms with van der Waals surface area (Å²) in [6.07, 6.45) is 0. The maximum atomic E-state index is 12.0. The van der Waals surface area contributed by atoms with Gasteiger partial charge in [0.05, 0.1) is 29.5 Å². The second-order valence-electron chi connectivity index (χ2n) is 7.98. The van der Waals surface area contributed by atoms with Crippen molar-refractivity contribution >= 4 is 22.6 Å². The summed E-state index contributed by atoms with van der Waals surface area (Å²) >= 11 is 0. The van der Waals surface area contributed by atoms with Gasteiger partial charge in [-0.15, -0.1) is 0 Å². The fraction of sp³-hybridized carbons (Fsp3) is 0.391. The second-order valence-corrected chi connectivity index (χ2v) is 7.98. The fourth-order valence-corrected chi connectivity index (χ4v) is 4.09. The smallest absolute Gasteiger partial charge is 0.269 e. The summed E-state index contributed by atoms with van der Waals surface area (Å²) in [7, 11) is 3.26. The molecule has 9 heteroatoms. The minimum absolute atomic E-state index is 0.173. The first-order valence-corrected chi connectivity index (χ1v) is 10.6. The number of amides is 1. The van der Waals surface area contributed by atoms with E-state index in [0.717, 1.165) is 60.9 Å². The zero-order chi connectivity index (χ0) is 22.8. The Morgan fingerprint density at radius 2 is 1.88 bits per heavy atom. The highest BCUT2D eigenvalue weighted by atomic mass is 16.5. The molecular formula is C23H28N6O3. The fourth-order valence-electron chi connectivity index (χ4n) is 4.09. The average Bonchev–Trinajstić information content (AvgIpc) is 2.80. The SMILES string of the molecule is CNC(=O)c1ccc(N2CCN(Cc3cc4[nH]c(=O)c(C)nc4cc3OC)CC2)c(C)n1. The number of aromatic amines is 1. The molecule has 0 unspecified atom stereocenters. The third kappa shape index (κ3) is 4.29. The Labute approximate surface area is 186 Å². The Hall–Kier alpha value is -3.46. The van der Waals surface area contributed by atoms with Crippen LogP contribution in [-0.2, 0) is 6.54 Å². The number of nitrogens with zero attached hydrogens (tertiary/aromatic N) is 4. The summed E-state index contributed by atoms with van der Waals surface area (Å²) in [6, 6.07) is 7.58. The number of carbonyl (C=O) groups is 1. The van der Waals surface area contributed by atoms with Gasteiger partial charge in [0.25, 0.3) is 11.5 Å². The minimum atomic E-state index is -0.180. The van der Waals surface area contributed by atoms with Crippen molar-refractivity contribution in [2.45, 2.75) is 20.4 Å². The van der Waals surface area contributed by atoms with Crippen LogP contribution in [0, 0.1) is 13.8 Å². The number of ether oxygens (including phenoxy) is 1. The Bertz CT molecular complexity index is 1210. The number of piperazine rings is 1. The number of benzene rings is 1. The molecule has 2 N–H and O–H groups in total. The summed E-state index contributed by atoms with van der Waals surface area (Å²) in [5.74, 6) is 0.587. The van der Waals surface area contributed by atoms with Gasteiger partial charge in [0, 0.05) is 51.4 Å². The third-order valence-corrected chi connectivity index (χ3v) is 5.89. The Kier molecular flexibility index (Phi) is 6.09. The van der Waals surface area contributed by atoms with Crippen LogP contribution < -0.4 is 20.5 Å². The standard InChI is InChI=1S/C23H28N6O3/c1-14-20(6-5-17(25-14)23(31)24-3)29-9-7-28(8-10-29)13-16-11-18-19(12-21(16)32-4)26-15(2)22(30)27-18/h5-6,11-12H,7-10,13H2,1-4H3,(H,24,31)(H,27,30). The number of nitrogens with one attached hydrogen (secondary N) is 2. The quantitative estimate of drug-likeness (QED) is 0.626. The van der Waals surface area contributed by atoms with E-state index in [1.807, 2.05) is 25.1 Å². The van der Waals surface area contributed by atoms with Gasteiger partial charge in [0.1, 0.15) is 17.1 Å². The highest BCUT2D eigenvalue weighted by Gasteiger charge is 2.21. The molecule has 1 amide bonds. The predicted octanol–water partition coefficient (Wildman–Crippen LogP) is 1.63. The van der Waals surface area contributed by atoms with Gasteiger partial charge < -0.3 is 19.9 Å². The molecule has 3 aromatic rings. The van der Waals surface area contributed by atoms with Crippen LogP contribution in [0.3, 0.4) is 0 Å². The van der Waals surface area contributed by atoms with Crippen molar-refractivity contribution in [1.29, 1.82) is 0 Å². The largest absolute Gasteiger partial charge is 0.496 e. The number of hydrogen-bond acceptors (Lipinski definition) is 7. The lowest BCUT2D eigenvalue weighted by atomic mass is 10.1. The van der Waals surface area contributed by atoms with E-state index >= 15 is 0 Å². The number of aryl methyl sites for hydroxylation is 2. The molecule has 9 nitrogen and oxygen atoms in total. The molecule has 0 bridgehead atoms. The van der Waals surface area contributed by atoms with Crippen molar-refractivity contribution in [2.75, 3.05) is 45.2 Å². The Morgan fingerprint density at radius 1 is 1.12 bits per heavy atom. The lowest BCUT2D eigenvalue weighted by Crippen LogP contribution is -2.46.